The Bertz CT molecular complexity index is 433. The third kappa shape index (κ3) is 4.18. The van der Waals surface area contributed by atoms with Crippen molar-refractivity contribution in [2.24, 2.45) is 11.7 Å². The molecule has 0 bridgehead atoms. The van der Waals surface area contributed by atoms with Crippen LogP contribution in [-0.4, -0.2) is 24.8 Å². The Morgan fingerprint density at radius 1 is 1.25 bits per heavy atom. The molecule has 0 saturated heterocycles. The topological polar surface area (TPSA) is 57.4 Å². The fraction of sp³-hybridized carbons (Fsp3) is 0.688. The highest BCUT2D eigenvalue weighted by Gasteiger charge is 2.15. The van der Waals surface area contributed by atoms with E-state index in [0.29, 0.717) is 31.6 Å². The van der Waals surface area contributed by atoms with Crippen molar-refractivity contribution in [2.75, 3.05) is 19.8 Å². The molecule has 1 aliphatic carbocycles. The van der Waals surface area contributed by atoms with Crippen LogP contribution in [0.15, 0.2) is 6.07 Å². The maximum absolute atomic E-state index is 5.80. The van der Waals surface area contributed by atoms with Crippen LogP contribution in [0, 0.1) is 5.92 Å². The van der Waals surface area contributed by atoms with Crippen molar-refractivity contribution in [3.8, 4) is 5.88 Å². The zero-order valence-electron chi connectivity index (χ0n) is 12.7. The number of pyridine rings is 1. The van der Waals surface area contributed by atoms with Gasteiger partial charge in [-0.05, 0) is 43.2 Å². The van der Waals surface area contributed by atoms with Gasteiger partial charge in [-0.15, -0.1) is 0 Å². The van der Waals surface area contributed by atoms with Crippen molar-refractivity contribution in [3.05, 3.63) is 22.9 Å². The van der Waals surface area contributed by atoms with Gasteiger partial charge in [0, 0.05) is 24.4 Å². The molecule has 0 spiro atoms. The first-order valence-electron chi connectivity index (χ1n) is 7.63. The molecule has 4 heteroatoms. The molecule has 0 saturated carbocycles. The van der Waals surface area contributed by atoms with E-state index in [0.717, 1.165) is 25.0 Å². The summed E-state index contributed by atoms with van der Waals surface area (Å²) in [5.41, 5.74) is 9.35. The molecule has 1 aromatic heterocycles. The monoisotopic (exact) mass is 278 g/mol. The van der Waals surface area contributed by atoms with E-state index < -0.39 is 0 Å². The van der Waals surface area contributed by atoms with Crippen molar-refractivity contribution in [3.63, 3.8) is 0 Å². The van der Waals surface area contributed by atoms with Gasteiger partial charge in [0.05, 0.1) is 6.61 Å². The number of nitrogens with zero attached hydrogens (tertiary/aromatic N) is 1. The van der Waals surface area contributed by atoms with E-state index in [2.05, 4.69) is 24.9 Å². The van der Waals surface area contributed by atoms with Crippen molar-refractivity contribution in [1.29, 1.82) is 0 Å². The van der Waals surface area contributed by atoms with Crippen LogP contribution in [0.2, 0.25) is 0 Å². The van der Waals surface area contributed by atoms with Gasteiger partial charge in [0.2, 0.25) is 5.88 Å². The first-order valence-corrected chi connectivity index (χ1v) is 7.63. The Hall–Kier alpha value is -1.13. The summed E-state index contributed by atoms with van der Waals surface area (Å²) in [4.78, 5) is 4.66. The maximum atomic E-state index is 5.80. The van der Waals surface area contributed by atoms with Gasteiger partial charge in [-0.2, -0.15) is 0 Å². The molecule has 20 heavy (non-hydrogen) atoms. The summed E-state index contributed by atoms with van der Waals surface area (Å²) in [5.74, 6) is 1.25. The molecule has 1 aliphatic rings. The molecule has 2 rings (SSSR count). The van der Waals surface area contributed by atoms with Crippen LogP contribution < -0.4 is 10.5 Å². The number of hydrogen-bond donors (Lipinski definition) is 1. The minimum atomic E-state index is 0.475. The Morgan fingerprint density at radius 3 is 2.80 bits per heavy atom. The van der Waals surface area contributed by atoms with E-state index in [1.165, 1.54) is 24.1 Å². The normalized spacial score (nSPS) is 14.4. The molecule has 0 unspecified atom stereocenters. The van der Waals surface area contributed by atoms with Gasteiger partial charge in [0.25, 0.3) is 0 Å². The van der Waals surface area contributed by atoms with Crippen molar-refractivity contribution in [2.45, 2.75) is 46.1 Å². The first kappa shape index (κ1) is 15.3. The van der Waals surface area contributed by atoms with Crippen LogP contribution in [-0.2, 0) is 24.1 Å². The standard InChI is InChI=1S/C16H26N2O2/c1-12(2)11-19-7-8-20-16-14(10-17)9-13-5-3-4-6-15(13)18-16/h9,12H,3-8,10-11,17H2,1-2H3. The molecule has 2 N–H and O–H groups in total. The molecule has 0 fully saturated rings. The van der Waals surface area contributed by atoms with E-state index in [4.69, 9.17) is 15.2 Å². The third-order valence-corrected chi connectivity index (χ3v) is 3.48. The van der Waals surface area contributed by atoms with Crippen LogP contribution in [0.4, 0.5) is 0 Å². The minimum absolute atomic E-state index is 0.475. The van der Waals surface area contributed by atoms with Crippen LogP contribution in [0.5, 0.6) is 5.88 Å². The average Bonchev–Trinajstić information content (AvgIpc) is 2.45. The summed E-state index contributed by atoms with van der Waals surface area (Å²) >= 11 is 0. The molecule has 112 valence electrons. The highest BCUT2D eigenvalue weighted by atomic mass is 16.5. The SMILES string of the molecule is CC(C)COCCOc1nc2c(cc1CN)CCCC2. The van der Waals surface area contributed by atoms with Gasteiger partial charge < -0.3 is 15.2 Å². The molecular formula is C16H26N2O2. The zero-order chi connectivity index (χ0) is 14.4. The minimum Gasteiger partial charge on any atom is -0.475 e. The first-order chi connectivity index (χ1) is 9.70. The van der Waals surface area contributed by atoms with Crippen LogP contribution >= 0.6 is 0 Å². The second-order valence-electron chi connectivity index (χ2n) is 5.79. The lowest BCUT2D eigenvalue weighted by Crippen LogP contribution is -2.15. The van der Waals surface area contributed by atoms with Crippen LogP contribution in [0.1, 0.15) is 43.5 Å². The van der Waals surface area contributed by atoms with E-state index in [-0.39, 0.29) is 0 Å². The highest BCUT2D eigenvalue weighted by molar-refractivity contribution is 5.35. The molecular weight excluding hydrogens is 252 g/mol. The molecule has 1 heterocycles. The third-order valence-electron chi connectivity index (χ3n) is 3.48. The Labute approximate surface area is 121 Å². The van der Waals surface area contributed by atoms with E-state index in [1.54, 1.807) is 0 Å². The summed E-state index contributed by atoms with van der Waals surface area (Å²) in [6, 6.07) is 2.17. The average molecular weight is 278 g/mol. The molecule has 4 nitrogen and oxygen atoms in total. The number of ether oxygens (including phenoxy) is 2. The van der Waals surface area contributed by atoms with Crippen LogP contribution in [0.25, 0.3) is 0 Å². The van der Waals surface area contributed by atoms with E-state index >= 15 is 0 Å². The van der Waals surface area contributed by atoms with Gasteiger partial charge in [-0.3, -0.25) is 0 Å². The predicted octanol–water partition coefficient (Wildman–Crippen LogP) is 2.47. The summed E-state index contributed by atoms with van der Waals surface area (Å²) < 4.78 is 11.3. The molecule has 0 atom stereocenters. The Morgan fingerprint density at radius 2 is 2.05 bits per heavy atom. The van der Waals surface area contributed by atoms with Crippen molar-refractivity contribution in [1.82, 2.24) is 4.98 Å². The quantitative estimate of drug-likeness (QED) is 0.778. The van der Waals surface area contributed by atoms with E-state index in [9.17, 15) is 0 Å². The Balaban J connectivity index is 1.92. The summed E-state index contributed by atoms with van der Waals surface area (Å²) in [7, 11) is 0. The number of aryl methyl sites for hydroxylation is 2. The second-order valence-corrected chi connectivity index (χ2v) is 5.79. The lowest BCUT2D eigenvalue weighted by molar-refractivity contribution is 0.0802. The van der Waals surface area contributed by atoms with Gasteiger partial charge in [-0.25, -0.2) is 4.98 Å². The zero-order valence-corrected chi connectivity index (χ0v) is 12.7. The molecule has 0 amide bonds. The molecule has 0 aliphatic heterocycles. The van der Waals surface area contributed by atoms with Gasteiger partial charge in [0.15, 0.2) is 0 Å². The number of nitrogens with two attached hydrogens (primary N) is 1. The van der Waals surface area contributed by atoms with Crippen LogP contribution in [0.3, 0.4) is 0 Å². The fourth-order valence-electron chi connectivity index (χ4n) is 2.45. The van der Waals surface area contributed by atoms with Gasteiger partial charge in [0.1, 0.15) is 6.61 Å². The lowest BCUT2D eigenvalue weighted by atomic mass is 9.95. The van der Waals surface area contributed by atoms with Crippen molar-refractivity contribution < 1.29 is 9.47 Å². The summed E-state index contributed by atoms with van der Waals surface area (Å²) in [6.07, 6.45) is 4.65. The van der Waals surface area contributed by atoms with Gasteiger partial charge >= 0.3 is 0 Å². The molecule has 1 aromatic rings. The maximum Gasteiger partial charge on any atom is 0.218 e. The molecule has 0 aromatic carbocycles. The number of aromatic nitrogens is 1. The van der Waals surface area contributed by atoms with Gasteiger partial charge in [-0.1, -0.05) is 13.8 Å². The second kappa shape index (κ2) is 7.60. The lowest BCUT2D eigenvalue weighted by Gasteiger charge is -2.18. The Kier molecular flexibility index (Phi) is 5.80. The smallest absolute Gasteiger partial charge is 0.218 e. The fourth-order valence-corrected chi connectivity index (χ4v) is 2.45. The highest BCUT2D eigenvalue weighted by Crippen LogP contribution is 2.25. The summed E-state index contributed by atoms with van der Waals surface area (Å²) in [5, 5.41) is 0. The number of rotatable bonds is 7. The largest absolute Gasteiger partial charge is 0.475 e. The summed E-state index contributed by atoms with van der Waals surface area (Å²) in [6.45, 7) is 6.65. The van der Waals surface area contributed by atoms with Crippen molar-refractivity contribution >= 4 is 0 Å². The number of hydrogen-bond acceptors (Lipinski definition) is 4. The van der Waals surface area contributed by atoms with E-state index in [1.807, 2.05) is 0 Å². The molecule has 0 radical (unpaired) electrons. The predicted molar refractivity (Wildman–Crippen MR) is 79.9 cm³/mol. The number of fused-ring (bicyclic) bond motifs is 1.